The molecule has 2 nitrogen and oxygen atoms in total. The van der Waals surface area contributed by atoms with Gasteiger partial charge in [0.15, 0.2) is 11.5 Å². The average molecular weight is 243 g/mol. The molecule has 0 spiro atoms. The number of phenolic OH excluding ortho intramolecular Hbond substituents is 1. The van der Waals surface area contributed by atoms with Crippen LogP contribution in [0, 0.1) is 6.92 Å². The number of aromatic hydroxyl groups is 1. The van der Waals surface area contributed by atoms with Gasteiger partial charge in [-0.15, -0.1) is 0 Å². The van der Waals surface area contributed by atoms with Gasteiger partial charge in [-0.25, -0.2) is 0 Å². The molecule has 13 heavy (non-hydrogen) atoms. The molecule has 0 heterocycles. The summed E-state index contributed by atoms with van der Waals surface area (Å²) in [5.41, 5.74) is 1.78. The minimum absolute atomic E-state index is 0.200. The Morgan fingerprint density at radius 1 is 1.46 bits per heavy atom. The van der Waals surface area contributed by atoms with Gasteiger partial charge in [-0.3, -0.25) is 0 Å². The van der Waals surface area contributed by atoms with Crippen LogP contribution < -0.4 is 4.74 Å². The fourth-order valence-corrected chi connectivity index (χ4v) is 1.39. The largest absolute Gasteiger partial charge is 0.504 e. The fraction of sp³-hybridized carbons (Fsp3) is 0.200. The highest BCUT2D eigenvalue weighted by Gasteiger charge is 2.06. The third-order valence-electron chi connectivity index (χ3n) is 1.90. The van der Waals surface area contributed by atoms with Crippen molar-refractivity contribution in [2.75, 3.05) is 7.11 Å². The van der Waals surface area contributed by atoms with Crippen LogP contribution in [0.1, 0.15) is 11.1 Å². The summed E-state index contributed by atoms with van der Waals surface area (Å²) in [6.07, 6.45) is 1.87. The zero-order valence-electron chi connectivity index (χ0n) is 7.54. The standard InChI is InChI=1S/C10H11BrO2/c1-7-8(5-6-11)3-4-9(13-2)10(7)12/h3-6,12H,1-2H3/b6-5-. The number of methoxy groups -OCH3 is 1. The first-order chi connectivity index (χ1) is 6.20. The Morgan fingerprint density at radius 2 is 2.15 bits per heavy atom. The summed E-state index contributed by atoms with van der Waals surface area (Å²) in [6, 6.07) is 3.64. The van der Waals surface area contributed by atoms with Crippen molar-refractivity contribution < 1.29 is 9.84 Å². The molecule has 3 heteroatoms. The molecule has 0 fully saturated rings. The molecular formula is C10H11BrO2. The number of phenols is 1. The second-order valence-corrected chi connectivity index (χ2v) is 3.15. The molecule has 0 saturated carbocycles. The highest BCUT2D eigenvalue weighted by atomic mass is 79.9. The van der Waals surface area contributed by atoms with Gasteiger partial charge in [-0.1, -0.05) is 22.0 Å². The maximum Gasteiger partial charge on any atom is 0.161 e. The summed E-state index contributed by atoms with van der Waals surface area (Å²) < 4.78 is 4.97. The smallest absolute Gasteiger partial charge is 0.161 e. The van der Waals surface area contributed by atoms with Gasteiger partial charge in [0.2, 0.25) is 0 Å². The third kappa shape index (κ3) is 2.04. The molecule has 0 aliphatic rings. The molecular weight excluding hydrogens is 232 g/mol. The Kier molecular flexibility index (Phi) is 3.37. The lowest BCUT2D eigenvalue weighted by molar-refractivity contribution is 0.371. The first-order valence-electron chi connectivity index (χ1n) is 3.84. The predicted molar refractivity (Wildman–Crippen MR) is 57.4 cm³/mol. The highest BCUT2D eigenvalue weighted by Crippen LogP contribution is 2.32. The van der Waals surface area contributed by atoms with Gasteiger partial charge in [0.05, 0.1) is 7.11 Å². The van der Waals surface area contributed by atoms with Gasteiger partial charge in [0, 0.05) is 5.56 Å². The van der Waals surface area contributed by atoms with Crippen molar-refractivity contribution in [2.24, 2.45) is 0 Å². The Labute approximate surface area is 86.0 Å². The molecule has 1 aromatic carbocycles. The molecule has 0 atom stereocenters. The minimum atomic E-state index is 0.200. The van der Waals surface area contributed by atoms with Gasteiger partial charge < -0.3 is 9.84 Å². The SMILES string of the molecule is COc1ccc(/C=C\Br)c(C)c1O. The second-order valence-electron chi connectivity index (χ2n) is 2.62. The van der Waals surface area contributed by atoms with E-state index < -0.39 is 0 Å². The fourth-order valence-electron chi connectivity index (χ4n) is 1.10. The van der Waals surface area contributed by atoms with E-state index in [4.69, 9.17) is 4.74 Å². The van der Waals surface area contributed by atoms with Crippen molar-refractivity contribution in [2.45, 2.75) is 6.92 Å². The molecule has 0 aliphatic heterocycles. The van der Waals surface area contributed by atoms with Crippen molar-refractivity contribution in [3.8, 4) is 11.5 Å². The number of halogens is 1. The molecule has 0 radical (unpaired) electrons. The van der Waals surface area contributed by atoms with E-state index >= 15 is 0 Å². The lowest BCUT2D eigenvalue weighted by Crippen LogP contribution is -1.88. The van der Waals surface area contributed by atoms with Crippen LogP contribution in [0.3, 0.4) is 0 Å². The van der Waals surface area contributed by atoms with Crippen molar-refractivity contribution in [1.29, 1.82) is 0 Å². The maximum absolute atomic E-state index is 9.63. The van der Waals surface area contributed by atoms with E-state index in [0.717, 1.165) is 11.1 Å². The first-order valence-corrected chi connectivity index (χ1v) is 4.75. The molecule has 0 bridgehead atoms. The Morgan fingerprint density at radius 3 is 2.69 bits per heavy atom. The Bertz CT molecular complexity index is 332. The van der Waals surface area contributed by atoms with Gasteiger partial charge >= 0.3 is 0 Å². The predicted octanol–water partition coefficient (Wildman–Crippen LogP) is 3.07. The minimum Gasteiger partial charge on any atom is -0.504 e. The number of hydrogen-bond donors (Lipinski definition) is 1. The van der Waals surface area contributed by atoms with Crippen LogP contribution in [-0.2, 0) is 0 Å². The van der Waals surface area contributed by atoms with Crippen LogP contribution in [0.15, 0.2) is 17.1 Å². The van der Waals surface area contributed by atoms with Crippen LogP contribution in [0.5, 0.6) is 11.5 Å². The summed E-state index contributed by atoms with van der Waals surface area (Å²) >= 11 is 3.19. The lowest BCUT2D eigenvalue weighted by Gasteiger charge is -2.07. The van der Waals surface area contributed by atoms with Crippen LogP contribution in [0.2, 0.25) is 0 Å². The van der Waals surface area contributed by atoms with Gasteiger partial charge in [-0.05, 0) is 29.6 Å². The lowest BCUT2D eigenvalue weighted by atomic mass is 10.1. The number of rotatable bonds is 2. The third-order valence-corrected chi connectivity index (χ3v) is 2.16. The topological polar surface area (TPSA) is 29.5 Å². The summed E-state index contributed by atoms with van der Waals surface area (Å²) in [7, 11) is 1.54. The van der Waals surface area contributed by atoms with E-state index in [0.29, 0.717) is 5.75 Å². The summed E-state index contributed by atoms with van der Waals surface area (Å²) in [6.45, 7) is 1.85. The Balaban J connectivity index is 3.22. The van der Waals surface area contributed by atoms with E-state index in [2.05, 4.69) is 15.9 Å². The zero-order valence-corrected chi connectivity index (χ0v) is 9.13. The van der Waals surface area contributed by atoms with E-state index in [9.17, 15) is 5.11 Å². The van der Waals surface area contributed by atoms with Crippen molar-refractivity contribution in [3.63, 3.8) is 0 Å². The molecule has 1 N–H and O–H groups in total. The van der Waals surface area contributed by atoms with Crippen molar-refractivity contribution in [3.05, 3.63) is 28.2 Å². The summed E-state index contributed by atoms with van der Waals surface area (Å²) in [5, 5.41) is 9.63. The van der Waals surface area contributed by atoms with E-state index in [1.165, 1.54) is 7.11 Å². The number of ether oxygens (including phenoxy) is 1. The summed E-state index contributed by atoms with van der Waals surface area (Å²) in [5.74, 6) is 0.704. The molecule has 0 aromatic heterocycles. The van der Waals surface area contributed by atoms with Gasteiger partial charge in [0.25, 0.3) is 0 Å². The van der Waals surface area contributed by atoms with E-state index in [-0.39, 0.29) is 5.75 Å². The number of benzene rings is 1. The maximum atomic E-state index is 9.63. The van der Waals surface area contributed by atoms with Crippen molar-refractivity contribution >= 4 is 22.0 Å². The first kappa shape index (κ1) is 10.1. The molecule has 70 valence electrons. The van der Waals surface area contributed by atoms with Crippen LogP contribution >= 0.6 is 15.9 Å². The molecule has 0 aliphatic carbocycles. The van der Waals surface area contributed by atoms with E-state index in [1.807, 2.05) is 19.1 Å². The average Bonchev–Trinajstić information content (AvgIpc) is 2.14. The summed E-state index contributed by atoms with van der Waals surface area (Å²) in [4.78, 5) is 1.75. The molecule has 1 rings (SSSR count). The van der Waals surface area contributed by atoms with E-state index in [1.54, 1.807) is 11.1 Å². The van der Waals surface area contributed by atoms with Gasteiger partial charge in [-0.2, -0.15) is 0 Å². The van der Waals surface area contributed by atoms with Crippen LogP contribution in [0.25, 0.3) is 6.08 Å². The molecule has 1 aromatic rings. The highest BCUT2D eigenvalue weighted by molar-refractivity contribution is 9.11. The monoisotopic (exact) mass is 242 g/mol. The van der Waals surface area contributed by atoms with Crippen LogP contribution in [-0.4, -0.2) is 12.2 Å². The molecule has 0 amide bonds. The van der Waals surface area contributed by atoms with Gasteiger partial charge in [0.1, 0.15) is 0 Å². The van der Waals surface area contributed by atoms with Crippen LogP contribution in [0.4, 0.5) is 0 Å². The quantitative estimate of drug-likeness (QED) is 0.864. The normalized spacial score (nSPS) is 10.7. The Hall–Kier alpha value is -0.960. The zero-order chi connectivity index (χ0) is 9.84. The second kappa shape index (κ2) is 4.33. The molecule has 0 unspecified atom stereocenters. The number of hydrogen-bond acceptors (Lipinski definition) is 2. The molecule has 0 saturated heterocycles. The van der Waals surface area contributed by atoms with Crippen molar-refractivity contribution in [1.82, 2.24) is 0 Å².